The van der Waals surface area contributed by atoms with Gasteiger partial charge in [-0.3, -0.25) is 4.98 Å². The number of pyridine rings is 1. The average molecular weight is 423 g/mol. The maximum absolute atomic E-state index is 6.12. The smallest absolute Gasteiger partial charge is 0.235 e. The summed E-state index contributed by atoms with van der Waals surface area (Å²) in [5, 5.41) is 14.4. The zero-order valence-corrected chi connectivity index (χ0v) is 15.4. The van der Waals surface area contributed by atoms with Crippen LogP contribution < -0.4 is 4.74 Å². The van der Waals surface area contributed by atoms with E-state index >= 15 is 0 Å². The Morgan fingerprint density at radius 2 is 2.08 bits per heavy atom. The molecule has 120 valence electrons. The summed E-state index contributed by atoms with van der Waals surface area (Å²) in [7, 11) is 1.60. The summed E-state index contributed by atoms with van der Waals surface area (Å²) in [6.45, 7) is 0. The van der Waals surface area contributed by atoms with Crippen LogP contribution in [0.2, 0.25) is 5.02 Å². The molecular formula is C15H9BrClN5OS. The molecule has 24 heavy (non-hydrogen) atoms. The first-order chi connectivity index (χ1) is 11.7. The summed E-state index contributed by atoms with van der Waals surface area (Å²) in [6, 6.07) is 7.31. The fourth-order valence-corrected chi connectivity index (χ4v) is 3.64. The van der Waals surface area contributed by atoms with E-state index in [1.807, 2.05) is 6.07 Å². The van der Waals surface area contributed by atoms with E-state index in [9.17, 15) is 0 Å². The summed E-state index contributed by atoms with van der Waals surface area (Å²) in [5.41, 5.74) is 1.64. The van der Waals surface area contributed by atoms with Crippen LogP contribution in [-0.4, -0.2) is 31.9 Å². The molecule has 0 spiro atoms. The molecule has 0 bridgehead atoms. The van der Waals surface area contributed by atoms with Crippen LogP contribution in [0.15, 0.2) is 41.1 Å². The van der Waals surface area contributed by atoms with E-state index in [4.69, 9.17) is 16.3 Å². The lowest BCUT2D eigenvalue weighted by Crippen LogP contribution is -1.94. The van der Waals surface area contributed by atoms with Gasteiger partial charge in [-0.2, -0.15) is 9.61 Å². The summed E-state index contributed by atoms with van der Waals surface area (Å²) in [6.07, 6.45) is 3.49. The first kappa shape index (κ1) is 15.5. The van der Waals surface area contributed by atoms with Crippen molar-refractivity contribution in [2.24, 2.45) is 0 Å². The largest absolute Gasteiger partial charge is 0.496 e. The number of methoxy groups -OCH3 is 1. The van der Waals surface area contributed by atoms with E-state index in [0.29, 0.717) is 21.6 Å². The molecular weight excluding hydrogens is 414 g/mol. The van der Waals surface area contributed by atoms with Gasteiger partial charge < -0.3 is 4.74 Å². The molecule has 0 amide bonds. The fraction of sp³-hybridized carbons (Fsp3) is 0.0667. The van der Waals surface area contributed by atoms with Gasteiger partial charge in [0.1, 0.15) is 10.8 Å². The second kappa shape index (κ2) is 6.12. The Kier molecular flexibility index (Phi) is 3.95. The number of nitrogens with zero attached hydrogens (tertiary/aromatic N) is 5. The number of fused-ring (bicyclic) bond motifs is 1. The van der Waals surface area contributed by atoms with Crippen molar-refractivity contribution in [2.75, 3.05) is 7.11 Å². The number of benzene rings is 1. The highest BCUT2D eigenvalue weighted by atomic mass is 79.9. The van der Waals surface area contributed by atoms with Crippen LogP contribution in [0.5, 0.6) is 5.75 Å². The molecule has 4 aromatic rings. The molecule has 4 rings (SSSR count). The van der Waals surface area contributed by atoms with Crippen LogP contribution in [0.25, 0.3) is 26.9 Å². The highest BCUT2D eigenvalue weighted by molar-refractivity contribution is 9.10. The van der Waals surface area contributed by atoms with E-state index in [2.05, 4.69) is 36.2 Å². The molecule has 0 N–H and O–H groups in total. The fourth-order valence-electron chi connectivity index (χ4n) is 2.29. The Balaban J connectivity index is 1.88. The lowest BCUT2D eigenvalue weighted by molar-refractivity contribution is 0.416. The Bertz CT molecular complexity index is 1050. The van der Waals surface area contributed by atoms with Crippen LogP contribution in [-0.2, 0) is 0 Å². The topological polar surface area (TPSA) is 65.2 Å². The van der Waals surface area contributed by atoms with Gasteiger partial charge in [0, 0.05) is 27.5 Å². The van der Waals surface area contributed by atoms with Crippen molar-refractivity contribution in [1.29, 1.82) is 0 Å². The third-order valence-electron chi connectivity index (χ3n) is 3.35. The van der Waals surface area contributed by atoms with Gasteiger partial charge in [0.15, 0.2) is 5.82 Å². The highest BCUT2D eigenvalue weighted by Crippen LogP contribution is 2.34. The Labute approximate surface area is 154 Å². The summed E-state index contributed by atoms with van der Waals surface area (Å²) in [4.78, 5) is 4.85. The predicted molar refractivity (Wildman–Crippen MR) is 96.6 cm³/mol. The van der Waals surface area contributed by atoms with Crippen molar-refractivity contribution in [3.05, 3.63) is 46.2 Å². The summed E-state index contributed by atoms with van der Waals surface area (Å²) in [5.74, 6) is 1.24. The number of hydrogen-bond acceptors (Lipinski definition) is 6. The van der Waals surface area contributed by atoms with Crippen molar-refractivity contribution < 1.29 is 4.74 Å². The second-order valence-electron chi connectivity index (χ2n) is 4.86. The molecule has 0 atom stereocenters. The summed E-state index contributed by atoms with van der Waals surface area (Å²) >= 11 is 11.0. The number of ether oxygens (including phenoxy) is 1. The predicted octanol–water partition coefficient (Wildman–Crippen LogP) is 4.34. The van der Waals surface area contributed by atoms with Crippen molar-refractivity contribution in [3.63, 3.8) is 0 Å². The average Bonchev–Trinajstić information content (AvgIpc) is 3.15. The van der Waals surface area contributed by atoms with Crippen LogP contribution in [0, 0.1) is 0 Å². The van der Waals surface area contributed by atoms with Gasteiger partial charge in [-0.1, -0.05) is 22.9 Å². The van der Waals surface area contributed by atoms with Crippen molar-refractivity contribution in [1.82, 2.24) is 24.8 Å². The normalized spacial score (nSPS) is 11.1. The first-order valence-corrected chi connectivity index (χ1v) is 8.81. The van der Waals surface area contributed by atoms with Gasteiger partial charge in [0.2, 0.25) is 4.96 Å². The van der Waals surface area contributed by atoms with Crippen molar-refractivity contribution >= 4 is 43.8 Å². The first-order valence-electron chi connectivity index (χ1n) is 6.83. The molecule has 0 saturated heterocycles. The second-order valence-corrected chi connectivity index (χ2v) is 7.17. The Morgan fingerprint density at radius 3 is 2.88 bits per heavy atom. The Morgan fingerprint density at radius 1 is 1.21 bits per heavy atom. The monoisotopic (exact) mass is 421 g/mol. The molecule has 1 aromatic carbocycles. The van der Waals surface area contributed by atoms with Gasteiger partial charge in [0.05, 0.1) is 12.7 Å². The lowest BCUT2D eigenvalue weighted by Gasteiger charge is -2.06. The van der Waals surface area contributed by atoms with Crippen LogP contribution in [0.3, 0.4) is 0 Å². The van der Waals surface area contributed by atoms with Crippen molar-refractivity contribution in [3.8, 4) is 27.7 Å². The van der Waals surface area contributed by atoms with E-state index in [-0.39, 0.29) is 0 Å². The van der Waals surface area contributed by atoms with Crippen LogP contribution in [0.4, 0.5) is 0 Å². The number of hydrogen-bond donors (Lipinski definition) is 0. The standard InChI is InChI=1S/C15H9BrClN5OS/c1-23-12-3-2-10(17)5-11(12)13-19-20-15-22(13)21-14(24-15)8-4-9(16)7-18-6-8/h2-7H,1H3. The van der Waals surface area contributed by atoms with Gasteiger partial charge in [-0.15, -0.1) is 10.2 Å². The maximum atomic E-state index is 6.12. The molecule has 6 nitrogen and oxygen atoms in total. The van der Waals surface area contributed by atoms with Crippen LogP contribution >= 0.6 is 38.9 Å². The van der Waals surface area contributed by atoms with Gasteiger partial charge >= 0.3 is 0 Å². The molecule has 3 heterocycles. The SMILES string of the molecule is COc1ccc(Cl)cc1-c1nnc2sc(-c3cncc(Br)c3)nn12. The molecule has 0 fully saturated rings. The van der Waals surface area contributed by atoms with E-state index in [1.54, 1.807) is 42.2 Å². The molecule has 3 aromatic heterocycles. The minimum atomic E-state index is 0.579. The zero-order valence-electron chi connectivity index (χ0n) is 12.3. The highest BCUT2D eigenvalue weighted by Gasteiger charge is 2.18. The molecule has 0 aliphatic rings. The number of rotatable bonds is 3. The molecule has 9 heteroatoms. The van der Waals surface area contributed by atoms with Crippen LogP contribution in [0.1, 0.15) is 0 Å². The van der Waals surface area contributed by atoms with E-state index < -0.39 is 0 Å². The molecule has 0 saturated carbocycles. The minimum absolute atomic E-state index is 0.579. The maximum Gasteiger partial charge on any atom is 0.235 e. The molecule has 0 aliphatic carbocycles. The third-order valence-corrected chi connectivity index (χ3v) is 4.96. The molecule has 0 unspecified atom stereocenters. The van der Waals surface area contributed by atoms with Crippen molar-refractivity contribution in [2.45, 2.75) is 0 Å². The molecule has 0 aliphatic heterocycles. The summed E-state index contributed by atoms with van der Waals surface area (Å²) < 4.78 is 7.98. The quantitative estimate of drug-likeness (QED) is 0.491. The number of halogens is 2. The minimum Gasteiger partial charge on any atom is -0.496 e. The number of aromatic nitrogens is 5. The van der Waals surface area contributed by atoms with Gasteiger partial charge in [0.25, 0.3) is 0 Å². The van der Waals surface area contributed by atoms with E-state index in [0.717, 1.165) is 20.6 Å². The van der Waals surface area contributed by atoms with E-state index in [1.165, 1.54) is 11.3 Å². The van der Waals surface area contributed by atoms with Gasteiger partial charge in [-0.25, -0.2) is 0 Å². The Hall–Kier alpha value is -2.03. The lowest BCUT2D eigenvalue weighted by atomic mass is 10.2. The third kappa shape index (κ3) is 2.66. The molecule has 0 radical (unpaired) electrons. The van der Waals surface area contributed by atoms with Gasteiger partial charge in [-0.05, 0) is 40.2 Å². The zero-order chi connectivity index (χ0) is 16.7.